The number of hydrogen-bond donors (Lipinski definition) is 1. The minimum Gasteiger partial charge on any atom is -0.383 e. The van der Waals surface area contributed by atoms with E-state index in [1.807, 2.05) is 42.5 Å². The third kappa shape index (κ3) is 5.89. The first-order chi connectivity index (χ1) is 11.6. The van der Waals surface area contributed by atoms with Gasteiger partial charge in [-0.05, 0) is 53.3 Å². The zero-order valence-corrected chi connectivity index (χ0v) is 16.2. The predicted molar refractivity (Wildman–Crippen MR) is 106 cm³/mol. The van der Waals surface area contributed by atoms with E-state index >= 15 is 0 Å². The van der Waals surface area contributed by atoms with E-state index in [1.165, 1.54) is 5.56 Å². The van der Waals surface area contributed by atoms with Crippen molar-refractivity contribution < 1.29 is 9.53 Å². The lowest BCUT2D eigenvalue weighted by atomic mass is 10.1. The van der Waals surface area contributed by atoms with Crippen molar-refractivity contribution in [2.75, 3.05) is 32.1 Å². The molecule has 0 bridgehead atoms. The summed E-state index contributed by atoms with van der Waals surface area (Å²) in [5, 5.41) is 2.97. The van der Waals surface area contributed by atoms with Gasteiger partial charge in [-0.3, -0.25) is 9.69 Å². The van der Waals surface area contributed by atoms with E-state index in [0.29, 0.717) is 19.7 Å². The lowest BCUT2D eigenvalue weighted by molar-refractivity contribution is -0.118. The Balaban J connectivity index is 2.03. The summed E-state index contributed by atoms with van der Waals surface area (Å²) in [5.74, 6) is -0.0177. The summed E-state index contributed by atoms with van der Waals surface area (Å²) in [4.78, 5) is 14.6. The fourth-order valence-corrected chi connectivity index (χ4v) is 3.05. The molecule has 1 atom stereocenters. The van der Waals surface area contributed by atoms with E-state index in [4.69, 9.17) is 4.74 Å². The molecule has 2 aromatic carbocycles. The maximum atomic E-state index is 12.4. The van der Waals surface area contributed by atoms with Crippen LogP contribution in [0.3, 0.4) is 0 Å². The minimum absolute atomic E-state index is 0.0177. The van der Waals surface area contributed by atoms with Crippen molar-refractivity contribution in [1.29, 1.82) is 0 Å². The number of benzene rings is 2. The van der Waals surface area contributed by atoms with Gasteiger partial charge in [-0.15, -0.1) is 0 Å². The van der Waals surface area contributed by atoms with Crippen LogP contribution in [0.4, 0.5) is 5.69 Å². The van der Waals surface area contributed by atoms with E-state index in [2.05, 4.69) is 51.9 Å². The molecule has 4 nitrogen and oxygen atoms in total. The highest BCUT2D eigenvalue weighted by atomic mass is 127. The van der Waals surface area contributed by atoms with E-state index in [9.17, 15) is 4.79 Å². The summed E-state index contributed by atoms with van der Waals surface area (Å²) in [6.07, 6.45) is 0. The Bertz CT molecular complexity index is 649. The monoisotopic (exact) mass is 438 g/mol. The van der Waals surface area contributed by atoms with E-state index in [1.54, 1.807) is 7.11 Å². The number of hydrogen-bond acceptors (Lipinski definition) is 3. The van der Waals surface area contributed by atoms with Crippen LogP contribution in [-0.2, 0) is 9.53 Å². The summed E-state index contributed by atoms with van der Waals surface area (Å²) in [5.41, 5.74) is 2.02. The summed E-state index contributed by atoms with van der Waals surface area (Å²) < 4.78 is 6.30. The van der Waals surface area contributed by atoms with Gasteiger partial charge in [0.25, 0.3) is 0 Å². The van der Waals surface area contributed by atoms with Crippen LogP contribution in [0.5, 0.6) is 0 Å². The van der Waals surface area contributed by atoms with Crippen LogP contribution in [0.1, 0.15) is 18.5 Å². The van der Waals surface area contributed by atoms with Crippen molar-refractivity contribution in [2.24, 2.45) is 0 Å². The smallest absolute Gasteiger partial charge is 0.238 e. The number of nitrogens with one attached hydrogen (secondary N) is 1. The largest absolute Gasteiger partial charge is 0.383 e. The van der Waals surface area contributed by atoms with Crippen molar-refractivity contribution in [3.8, 4) is 0 Å². The van der Waals surface area contributed by atoms with Crippen LogP contribution in [-0.4, -0.2) is 37.6 Å². The third-order valence-corrected chi connectivity index (χ3v) is 4.54. The lowest BCUT2D eigenvalue weighted by Gasteiger charge is -2.28. The standard InChI is InChI=1S/C19H23IN2O2/c1-15(16-7-4-3-5-8-16)22(11-12-24-2)14-19(23)21-18-10-6-9-17(20)13-18/h3-10,13,15H,11-12,14H2,1-2H3,(H,21,23)/t15-/m1/s1. The molecule has 128 valence electrons. The highest BCUT2D eigenvalue weighted by Crippen LogP contribution is 2.20. The molecule has 1 N–H and O–H groups in total. The number of halogens is 1. The number of methoxy groups -OCH3 is 1. The summed E-state index contributed by atoms with van der Waals surface area (Å²) >= 11 is 2.24. The number of amides is 1. The number of rotatable bonds is 8. The number of ether oxygens (including phenoxy) is 1. The van der Waals surface area contributed by atoms with Gasteiger partial charge in [-0.25, -0.2) is 0 Å². The van der Waals surface area contributed by atoms with Gasteiger partial charge in [0, 0.05) is 29.0 Å². The molecule has 2 aromatic rings. The van der Waals surface area contributed by atoms with Gasteiger partial charge in [0.15, 0.2) is 0 Å². The van der Waals surface area contributed by atoms with Crippen molar-refractivity contribution >= 4 is 34.2 Å². The van der Waals surface area contributed by atoms with E-state index < -0.39 is 0 Å². The summed E-state index contributed by atoms with van der Waals surface area (Å²) in [7, 11) is 1.68. The van der Waals surface area contributed by atoms with Crippen LogP contribution in [0.2, 0.25) is 0 Å². The quantitative estimate of drug-likeness (QED) is 0.635. The molecule has 0 spiro atoms. The fourth-order valence-electron chi connectivity index (χ4n) is 2.51. The maximum absolute atomic E-state index is 12.4. The number of carbonyl (C=O) groups is 1. The van der Waals surface area contributed by atoms with Gasteiger partial charge in [-0.2, -0.15) is 0 Å². The molecule has 0 aliphatic carbocycles. The number of nitrogens with zero attached hydrogens (tertiary/aromatic N) is 1. The molecule has 0 aromatic heterocycles. The maximum Gasteiger partial charge on any atom is 0.238 e. The molecule has 0 heterocycles. The highest BCUT2D eigenvalue weighted by Gasteiger charge is 2.18. The fraction of sp³-hybridized carbons (Fsp3) is 0.316. The van der Waals surface area contributed by atoms with Crippen LogP contribution in [0.15, 0.2) is 54.6 Å². The van der Waals surface area contributed by atoms with Gasteiger partial charge < -0.3 is 10.1 Å². The second-order valence-corrected chi connectivity index (χ2v) is 6.85. The van der Waals surface area contributed by atoms with Crippen LogP contribution in [0.25, 0.3) is 0 Å². The molecule has 0 fully saturated rings. The highest BCUT2D eigenvalue weighted by molar-refractivity contribution is 14.1. The topological polar surface area (TPSA) is 41.6 Å². The first-order valence-corrected chi connectivity index (χ1v) is 9.01. The van der Waals surface area contributed by atoms with Gasteiger partial charge in [0.1, 0.15) is 0 Å². The third-order valence-electron chi connectivity index (χ3n) is 3.87. The van der Waals surface area contributed by atoms with Gasteiger partial charge in [0.2, 0.25) is 5.91 Å². The molecule has 0 radical (unpaired) electrons. The molecule has 24 heavy (non-hydrogen) atoms. The Morgan fingerprint density at radius 3 is 2.62 bits per heavy atom. The van der Waals surface area contributed by atoms with Gasteiger partial charge in [-0.1, -0.05) is 36.4 Å². The number of carbonyl (C=O) groups excluding carboxylic acids is 1. The Labute approximate surface area is 157 Å². The normalized spacial score (nSPS) is 12.2. The second-order valence-electron chi connectivity index (χ2n) is 5.61. The molecule has 0 saturated heterocycles. The first-order valence-electron chi connectivity index (χ1n) is 7.93. The van der Waals surface area contributed by atoms with Crippen molar-refractivity contribution in [1.82, 2.24) is 4.90 Å². The molecule has 0 aliphatic rings. The zero-order valence-electron chi connectivity index (χ0n) is 14.0. The minimum atomic E-state index is -0.0177. The zero-order chi connectivity index (χ0) is 17.4. The molecule has 0 unspecified atom stereocenters. The van der Waals surface area contributed by atoms with Crippen LogP contribution < -0.4 is 5.32 Å². The molecular weight excluding hydrogens is 415 g/mol. The Kier molecular flexibility index (Phi) is 7.68. The van der Waals surface area contributed by atoms with Gasteiger partial charge in [0.05, 0.1) is 13.2 Å². The second kappa shape index (κ2) is 9.76. The average molecular weight is 438 g/mol. The molecule has 2 rings (SSSR count). The van der Waals surface area contributed by atoms with Gasteiger partial charge >= 0.3 is 0 Å². The van der Waals surface area contributed by atoms with Crippen LogP contribution in [0, 0.1) is 3.57 Å². The molecule has 5 heteroatoms. The molecule has 0 aliphatic heterocycles. The van der Waals surface area contributed by atoms with E-state index in [0.717, 1.165) is 9.26 Å². The summed E-state index contributed by atoms with van der Waals surface area (Å²) in [6.45, 7) is 3.73. The average Bonchev–Trinajstić information content (AvgIpc) is 2.58. The van der Waals surface area contributed by atoms with Crippen LogP contribution >= 0.6 is 22.6 Å². The Morgan fingerprint density at radius 2 is 1.96 bits per heavy atom. The molecule has 1 amide bonds. The molecular formula is C19H23IN2O2. The van der Waals surface area contributed by atoms with Crippen molar-refractivity contribution in [3.05, 3.63) is 63.7 Å². The Morgan fingerprint density at radius 1 is 1.21 bits per heavy atom. The first kappa shape index (κ1) is 18.9. The summed E-state index contributed by atoms with van der Waals surface area (Å²) in [6, 6.07) is 18.1. The SMILES string of the molecule is COCCN(CC(=O)Nc1cccc(I)c1)[C@H](C)c1ccccc1. The van der Waals surface area contributed by atoms with Crippen molar-refractivity contribution in [2.45, 2.75) is 13.0 Å². The lowest BCUT2D eigenvalue weighted by Crippen LogP contribution is -2.37. The predicted octanol–water partition coefficient (Wildman–Crippen LogP) is 3.94. The Hall–Kier alpha value is -1.44. The molecule has 0 saturated carbocycles. The van der Waals surface area contributed by atoms with Crippen molar-refractivity contribution in [3.63, 3.8) is 0 Å². The van der Waals surface area contributed by atoms with E-state index in [-0.39, 0.29) is 11.9 Å². The number of anilines is 1.